The van der Waals surface area contributed by atoms with Crippen LogP contribution in [0.25, 0.3) is 22.2 Å². The molecular formula is C24H21N3O3. The van der Waals surface area contributed by atoms with Gasteiger partial charge in [-0.15, -0.1) is 0 Å². The van der Waals surface area contributed by atoms with Crippen LogP contribution in [0, 0.1) is 6.92 Å². The van der Waals surface area contributed by atoms with E-state index in [1.165, 1.54) is 0 Å². The second-order valence-corrected chi connectivity index (χ2v) is 7.56. The zero-order valence-electron chi connectivity index (χ0n) is 16.6. The summed E-state index contributed by atoms with van der Waals surface area (Å²) in [5.74, 6) is 1.26. The number of likely N-dealkylation sites (tertiary alicyclic amines) is 1. The minimum Gasteiger partial charge on any atom is -0.472 e. The van der Waals surface area contributed by atoms with Crippen LogP contribution in [0.2, 0.25) is 0 Å². The Kier molecular flexibility index (Phi) is 4.67. The van der Waals surface area contributed by atoms with Gasteiger partial charge in [0.15, 0.2) is 5.76 Å². The fourth-order valence-corrected chi connectivity index (χ4v) is 3.76. The van der Waals surface area contributed by atoms with Gasteiger partial charge in [-0.2, -0.15) is 0 Å². The van der Waals surface area contributed by atoms with E-state index < -0.39 is 0 Å². The highest BCUT2D eigenvalue weighted by Gasteiger charge is 2.29. The number of benzene rings is 2. The molecule has 0 saturated carbocycles. The van der Waals surface area contributed by atoms with E-state index in [0.29, 0.717) is 30.3 Å². The molecule has 0 spiro atoms. The summed E-state index contributed by atoms with van der Waals surface area (Å²) >= 11 is 0. The highest BCUT2D eigenvalue weighted by molar-refractivity contribution is 6.01. The van der Waals surface area contributed by atoms with Gasteiger partial charge in [-0.05, 0) is 30.7 Å². The number of amides is 1. The van der Waals surface area contributed by atoms with E-state index in [1.54, 1.807) is 12.3 Å². The number of aryl methyl sites for hydroxylation is 1. The second-order valence-electron chi connectivity index (χ2n) is 7.56. The zero-order valence-corrected chi connectivity index (χ0v) is 16.6. The lowest BCUT2D eigenvalue weighted by Crippen LogP contribution is -2.31. The van der Waals surface area contributed by atoms with Gasteiger partial charge >= 0.3 is 0 Å². The lowest BCUT2D eigenvalue weighted by molar-refractivity contribution is 0.0771. The highest BCUT2D eigenvalue weighted by Crippen LogP contribution is 2.30. The Morgan fingerprint density at radius 1 is 1.13 bits per heavy atom. The predicted octanol–water partition coefficient (Wildman–Crippen LogP) is 4.49. The minimum atomic E-state index is -0.0524. The maximum Gasteiger partial charge on any atom is 0.254 e. The normalized spacial score (nSPS) is 16.2. The van der Waals surface area contributed by atoms with Crippen molar-refractivity contribution in [2.75, 3.05) is 13.1 Å². The fourth-order valence-electron chi connectivity index (χ4n) is 3.76. The smallest absolute Gasteiger partial charge is 0.254 e. The van der Waals surface area contributed by atoms with Gasteiger partial charge in [0.1, 0.15) is 11.6 Å². The number of hydrogen-bond donors (Lipinski definition) is 0. The third-order valence-electron chi connectivity index (χ3n) is 5.36. The van der Waals surface area contributed by atoms with Crippen molar-refractivity contribution in [3.8, 4) is 17.2 Å². The van der Waals surface area contributed by atoms with Crippen molar-refractivity contribution in [2.45, 2.75) is 19.4 Å². The summed E-state index contributed by atoms with van der Waals surface area (Å²) in [7, 11) is 0. The van der Waals surface area contributed by atoms with Crippen molar-refractivity contribution in [1.82, 2.24) is 15.0 Å². The molecule has 2 aromatic carbocycles. The molecule has 1 saturated heterocycles. The molecule has 150 valence electrons. The van der Waals surface area contributed by atoms with Gasteiger partial charge < -0.3 is 14.2 Å². The first-order chi connectivity index (χ1) is 14.7. The number of carbonyl (C=O) groups is 1. The Bertz CT molecular complexity index is 1190. The molecule has 2 aromatic heterocycles. The van der Waals surface area contributed by atoms with Gasteiger partial charge in [-0.25, -0.2) is 4.98 Å². The lowest BCUT2D eigenvalue weighted by Gasteiger charge is -2.17. The Morgan fingerprint density at radius 3 is 2.80 bits per heavy atom. The molecule has 1 aliphatic rings. The van der Waals surface area contributed by atoms with Gasteiger partial charge in [0.2, 0.25) is 5.88 Å². The molecule has 30 heavy (non-hydrogen) atoms. The van der Waals surface area contributed by atoms with Crippen LogP contribution in [-0.2, 0) is 0 Å². The zero-order chi connectivity index (χ0) is 20.5. The Labute approximate surface area is 174 Å². The second kappa shape index (κ2) is 7.63. The highest BCUT2D eigenvalue weighted by atomic mass is 16.5. The first kappa shape index (κ1) is 18.4. The molecule has 4 aromatic rings. The number of rotatable bonds is 4. The Morgan fingerprint density at radius 2 is 2.00 bits per heavy atom. The molecule has 0 radical (unpaired) electrons. The van der Waals surface area contributed by atoms with Crippen LogP contribution in [0.1, 0.15) is 22.3 Å². The van der Waals surface area contributed by atoms with Crippen LogP contribution in [0.5, 0.6) is 5.88 Å². The van der Waals surface area contributed by atoms with Crippen LogP contribution in [0.15, 0.2) is 71.4 Å². The first-order valence-corrected chi connectivity index (χ1v) is 10.0. The van der Waals surface area contributed by atoms with Crippen molar-refractivity contribution in [3.63, 3.8) is 0 Å². The van der Waals surface area contributed by atoms with Crippen LogP contribution < -0.4 is 4.74 Å². The van der Waals surface area contributed by atoms with Crippen molar-refractivity contribution in [2.24, 2.45) is 0 Å². The molecule has 1 atom stereocenters. The van der Waals surface area contributed by atoms with Crippen molar-refractivity contribution >= 4 is 16.8 Å². The lowest BCUT2D eigenvalue weighted by atomic mass is 10.1. The fraction of sp³-hybridized carbons (Fsp3) is 0.208. The van der Waals surface area contributed by atoms with Crippen molar-refractivity contribution in [1.29, 1.82) is 0 Å². The maximum absolute atomic E-state index is 13.1. The third kappa shape index (κ3) is 3.52. The van der Waals surface area contributed by atoms with E-state index in [1.807, 2.05) is 66.4 Å². The van der Waals surface area contributed by atoms with E-state index in [0.717, 1.165) is 28.5 Å². The van der Waals surface area contributed by atoms with Gasteiger partial charge in [-0.3, -0.25) is 4.79 Å². The summed E-state index contributed by atoms with van der Waals surface area (Å²) in [5.41, 5.74) is 3.38. The quantitative estimate of drug-likeness (QED) is 0.506. The summed E-state index contributed by atoms with van der Waals surface area (Å²) in [6.45, 7) is 3.19. The SMILES string of the molecule is Cc1ccc(OC2CCN(C(=O)c3ccc4noc(-c5ccccc5)c4c3)C2)nc1. The maximum atomic E-state index is 13.1. The molecule has 0 N–H and O–H groups in total. The number of fused-ring (bicyclic) bond motifs is 1. The molecule has 1 fully saturated rings. The van der Waals surface area contributed by atoms with Crippen LogP contribution in [0.3, 0.4) is 0 Å². The molecule has 1 aliphatic heterocycles. The van der Waals surface area contributed by atoms with Crippen LogP contribution in [0.4, 0.5) is 0 Å². The largest absolute Gasteiger partial charge is 0.472 e. The monoisotopic (exact) mass is 399 g/mol. The summed E-state index contributed by atoms with van der Waals surface area (Å²) in [6.07, 6.45) is 2.51. The first-order valence-electron chi connectivity index (χ1n) is 10.0. The van der Waals surface area contributed by atoms with E-state index in [9.17, 15) is 4.79 Å². The van der Waals surface area contributed by atoms with Crippen molar-refractivity contribution < 1.29 is 14.1 Å². The summed E-state index contributed by atoms with van der Waals surface area (Å²) in [5, 5.41) is 4.97. The average Bonchev–Trinajstić information content (AvgIpc) is 3.42. The summed E-state index contributed by atoms with van der Waals surface area (Å²) in [6, 6.07) is 19.1. The van der Waals surface area contributed by atoms with Gasteiger partial charge in [0.25, 0.3) is 5.91 Å². The number of aromatic nitrogens is 2. The Balaban J connectivity index is 1.34. The topological polar surface area (TPSA) is 68.5 Å². The van der Waals surface area contributed by atoms with E-state index in [-0.39, 0.29) is 12.0 Å². The van der Waals surface area contributed by atoms with Crippen LogP contribution >= 0.6 is 0 Å². The average molecular weight is 399 g/mol. The number of ether oxygens (including phenoxy) is 1. The minimum absolute atomic E-state index is 0.0138. The number of nitrogens with zero attached hydrogens (tertiary/aromatic N) is 3. The van der Waals surface area contributed by atoms with Gasteiger partial charge in [0.05, 0.1) is 11.9 Å². The molecule has 6 heteroatoms. The number of carbonyl (C=O) groups excluding carboxylic acids is 1. The molecule has 5 rings (SSSR count). The number of pyridine rings is 1. The third-order valence-corrected chi connectivity index (χ3v) is 5.36. The molecule has 0 bridgehead atoms. The van der Waals surface area contributed by atoms with Crippen molar-refractivity contribution in [3.05, 3.63) is 78.0 Å². The standard InChI is InChI=1S/C24H21N3O3/c1-16-7-10-22(25-14-16)29-19-11-12-27(15-19)24(28)18-8-9-21-20(13-18)23(30-26-21)17-5-3-2-4-6-17/h2-10,13-14,19H,11-12,15H2,1H3. The number of hydrogen-bond acceptors (Lipinski definition) is 5. The molecule has 1 unspecified atom stereocenters. The molecule has 3 heterocycles. The van der Waals surface area contributed by atoms with E-state index in [2.05, 4.69) is 10.1 Å². The predicted molar refractivity (Wildman–Crippen MR) is 113 cm³/mol. The van der Waals surface area contributed by atoms with Gasteiger partial charge in [-0.1, -0.05) is 41.6 Å². The summed E-state index contributed by atoms with van der Waals surface area (Å²) < 4.78 is 11.5. The van der Waals surface area contributed by atoms with E-state index >= 15 is 0 Å². The molecule has 1 amide bonds. The van der Waals surface area contributed by atoms with E-state index in [4.69, 9.17) is 9.26 Å². The van der Waals surface area contributed by atoms with Gasteiger partial charge in [0, 0.05) is 36.4 Å². The molecule has 0 aliphatic carbocycles. The summed E-state index contributed by atoms with van der Waals surface area (Å²) in [4.78, 5) is 19.2. The molecule has 6 nitrogen and oxygen atoms in total. The van der Waals surface area contributed by atoms with Crippen LogP contribution in [-0.4, -0.2) is 40.1 Å². The Hall–Kier alpha value is -3.67. The molecular weight excluding hydrogens is 378 g/mol.